The number of halogens is 2. The van der Waals surface area contributed by atoms with Gasteiger partial charge in [-0.25, -0.2) is 0 Å². The summed E-state index contributed by atoms with van der Waals surface area (Å²) in [6.07, 6.45) is 0.557. The predicted molar refractivity (Wildman–Crippen MR) is 110 cm³/mol. The number of hydrogen-bond donors (Lipinski definition) is 1. The average molecular weight is 432 g/mol. The van der Waals surface area contributed by atoms with Crippen molar-refractivity contribution in [2.24, 2.45) is 17.3 Å². The van der Waals surface area contributed by atoms with Crippen LogP contribution in [0.4, 0.5) is 0 Å². The number of phenolic OH excluding ortho intramolecular Hbond substituents is 1. The molecule has 0 amide bonds. The number of allylic oxidation sites excluding steroid dienone is 1. The highest BCUT2D eigenvalue weighted by atomic mass is 35.5. The topological polar surface area (TPSA) is 79.6 Å². The van der Waals surface area contributed by atoms with Gasteiger partial charge in [-0.15, -0.1) is 0 Å². The summed E-state index contributed by atoms with van der Waals surface area (Å²) in [5.41, 5.74) is 0.161. The van der Waals surface area contributed by atoms with E-state index in [1.807, 2.05) is 19.9 Å². The summed E-state index contributed by atoms with van der Waals surface area (Å²) in [6, 6.07) is 15.0. The van der Waals surface area contributed by atoms with Crippen LogP contribution >= 0.6 is 23.2 Å². The van der Waals surface area contributed by atoms with Crippen molar-refractivity contribution in [2.75, 3.05) is 0 Å². The van der Waals surface area contributed by atoms with E-state index in [1.54, 1.807) is 42.5 Å². The first kappa shape index (κ1) is 21.0. The van der Waals surface area contributed by atoms with E-state index in [-0.39, 0.29) is 21.6 Å². The molecule has 1 aliphatic carbocycles. The number of nitriles is 1. The van der Waals surface area contributed by atoms with E-state index in [2.05, 4.69) is 0 Å². The molecule has 3 atom stereocenters. The number of carbonyl (C=O) groups excluding carboxylic acids is 1. The first-order chi connectivity index (χ1) is 13.7. The minimum atomic E-state index is -1.07. The summed E-state index contributed by atoms with van der Waals surface area (Å²) in [5.74, 6) is 0.117. The summed E-state index contributed by atoms with van der Waals surface area (Å²) in [6.45, 7) is 3.84. The lowest BCUT2D eigenvalue weighted by Crippen LogP contribution is -2.14. The van der Waals surface area contributed by atoms with E-state index in [0.29, 0.717) is 17.1 Å². The maximum atomic E-state index is 12.6. The third-order valence-electron chi connectivity index (χ3n) is 5.05. The maximum absolute atomic E-state index is 12.6. The zero-order chi connectivity index (χ0) is 21.2. The Balaban J connectivity index is 1.72. The van der Waals surface area contributed by atoms with Gasteiger partial charge in [0.25, 0.3) is 0 Å². The van der Waals surface area contributed by atoms with Gasteiger partial charge in [-0.3, -0.25) is 4.79 Å². The van der Waals surface area contributed by atoms with Crippen molar-refractivity contribution in [3.63, 3.8) is 0 Å². The highest BCUT2D eigenvalue weighted by Gasteiger charge is 2.62. The summed E-state index contributed by atoms with van der Waals surface area (Å²) < 4.78 is 11.3. The molecule has 0 aliphatic heterocycles. The molecule has 1 fully saturated rings. The van der Waals surface area contributed by atoms with E-state index in [4.69, 9.17) is 32.7 Å². The standard InChI is InChI=1S/C22H19Cl2NO4/c1-22(2)17(11-19(23)24)20(22)21(27)29-18(12-25)13-4-3-5-16(10-13)28-15-8-6-14(26)7-9-15/h3-11,17-18,20,26H,1-2H3/t17-,18+,20-/m0/s1. The second kappa shape index (κ2) is 8.36. The third-order valence-corrected chi connectivity index (χ3v) is 5.31. The van der Waals surface area contributed by atoms with Gasteiger partial charge in [-0.1, -0.05) is 49.2 Å². The lowest BCUT2D eigenvalue weighted by molar-refractivity contribution is -0.149. The minimum absolute atomic E-state index is 0.106. The molecule has 2 aromatic rings. The Morgan fingerprint density at radius 3 is 2.52 bits per heavy atom. The van der Waals surface area contributed by atoms with Crippen molar-refractivity contribution in [1.82, 2.24) is 0 Å². The first-order valence-corrected chi connectivity index (χ1v) is 9.67. The van der Waals surface area contributed by atoms with Crippen LogP contribution < -0.4 is 4.74 Å². The molecule has 5 nitrogen and oxygen atoms in total. The van der Waals surface area contributed by atoms with Crippen LogP contribution in [0.2, 0.25) is 0 Å². The monoisotopic (exact) mass is 431 g/mol. The van der Waals surface area contributed by atoms with Gasteiger partial charge in [0.15, 0.2) is 0 Å². The van der Waals surface area contributed by atoms with E-state index >= 15 is 0 Å². The number of rotatable bonds is 6. The second-order valence-electron chi connectivity index (χ2n) is 7.40. The lowest BCUT2D eigenvalue weighted by Gasteiger charge is -2.13. The van der Waals surface area contributed by atoms with Crippen LogP contribution in [-0.2, 0) is 9.53 Å². The van der Waals surface area contributed by atoms with Crippen molar-refractivity contribution in [3.05, 3.63) is 64.7 Å². The van der Waals surface area contributed by atoms with Crippen LogP contribution in [0, 0.1) is 28.6 Å². The molecule has 0 saturated heterocycles. The first-order valence-electron chi connectivity index (χ1n) is 8.92. The zero-order valence-corrected chi connectivity index (χ0v) is 17.3. The lowest BCUT2D eigenvalue weighted by atomic mass is 10.1. The van der Waals surface area contributed by atoms with Crippen molar-refractivity contribution < 1.29 is 19.4 Å². The SMILES string of the molecule is CC1(C)[C@H](C(=O)O[C@H](C#N)c2cccc(Oc3ccc(O)cc3)c2)[C@@H]1C=C(Cl)Cl. The fraction of sp³-hybridized carbons (Fsp3) is 0.273. The van der Waals surface area contributed by atoms with Crippen molar-refractivity contribution in [3.8, 4) is 23.3 Å². The largest absolute Gasteiger partial charge is 0.508 e. The third kappa shape index (κ3) is 4.84. The summed E-state index contributed by atoms with van der Waals surface area (Å²) in [7, 11) is 0. The van der Waals surface area contributed by atoms with Gasteiger partial charge in [-0.2, -0.15) is 5.26 Å². The molecule has 0 spiro atoms. The number of esters is 1. The molecule has 0 bridgehead atoms. The van der Waals surface area contributed by atoms with Crippen LogP contribution in [-0.4, -0.2) is 11.1 Å². The fourth-order valence-electron chi connectivity index (χ4n) is 3.32. The molecule has 2 aromatic carbocycles. The van der Waals surface area contributed by atoms with E-state index in [9.17, 15) is 15.2 Å². The molecule has 150 valence electrons. The molecule has 7 heteroatoms. The van der Waals surface area contributed by atoms with Gasteiger partial charge in [0.2, 0.25) is 6.10 Å². The van der Waals surface area contributed by atoms with Crippen LogP contribution in [0.5, 0.6) is 17.2 Å². The van der Waals surface area contributed by atoms with Crippen molar-refractivity contribution in [2.45, 2.75) is 20.0 Å². The quantitative estimate of drug-likeness (QED) is 0.577. The van der Waals surface area contributed by atoms with Crippen LogP contribution in [0.3, 0.4) is 0 Å². The van der Waals surface area contributed by atoms with Gasteiger partial charge in [0, 0.05) is 5.56 Å². The number of hydrogen-bond acceptors (Lipinski definition) is 5. The van der Waals surface area contributed by atoms with Crippen molar-refractivity contribution >= 4 is 29.2 Å². The Hall–Kier alpha value is -2.68. The number of phenols is 1. The minimum Gasteiger partial charge on any atom is -0.508 e. The summed E-state index contributed by atoms with van der Waals surface area (Å²) in [4.78, 5) is 12.6. The molecule has 0 aromatic heterocycles. The Kier molecular flexibility index (Phi) is 6.07. The molecule has 0 unspecified atom stereocenters. The second-order valence-corrected chi connectivity index (χ2v) is 8.40. The van der Waals surface area contributed by atoms with E-state index in [1.165, 1.54) is 12.1 Å². The highest BCUT2D eigenvalue weighted by Crippen LogP contribution is 2.60. The number of ether oxygens (including phenoxy) is 2. The summed E-state index contributed by atoms with van der Waals surface area (Å²) in [5, 5.41) is 18.9. The normalized spacial score (nSPS) is 20.1. The smallest absolute Gasteiger partial charge is 0.311 e. The number of carbonyl (C=O) groups is 1. The fourth-order valence-corrected chi connectivity index (χ4v) is 3.60. The molecule has 0 heterocycles. The molecular formula is C22H19Cl2NO4. The molecule has 3 rings (SSSR count). The van der Waals surface area contributed by atoms with Crippen LogP contribution in [0.25, 0.3) is 0 Å². The van der Waals surface area contributed by atoms with Crippen LogP contribution in [0.1, 0.15) is 25.5 Å². The average Bonchev–Trinajstić information content (AvgIpc) is 3.21. The Morgan fingerprint density at radius 2 is 1.90 bits per heavy atom. The molecule has 1 N–H and O–H groups in total. The van der Waals surface area contributed by atoms with E-state index in [0.717, 1.165) is 0 Å². The Bertz CT molecular complexity index is 975. The van der Waals surface area contributed by atoms with Gasteiger partial charge in [0.1, 0.15) is 27.8 Å². The molecule has 29 heavy (non-hydrogen) atoms. The number of nitrogens with zero attached hydrogens (tertiary/aromatic N) is 1. The Labute approximate surface area is 179 Å². The molecule has 1 saturated carbocycles. The highest BCUT2D eigenvalue weighted by molar-refractivity contribution is 6.55. The van der Waals surface area contributed by atoms with Gasteiger partial charge in [-0.05, 0) is 53.8 Å². The van der Waals surface area contributed by atoms with Gasteiger partial charge in [0.05, 0.1) is 5.92 Å². The molecular weight excluding hydrogens is 413 g/mol. The van der Waals surface area contributed by atoms with Gasteiger partial charge < -0.3 is 14.6 Å². The van der Waals surface area contributed by atoms with Crippen LogP contribution in [0.15, 0.2) is 59.1 Å². The summed E-state index contributed by atoms with van der Waals surface area (Å²) >= 11 is 11.5. The van der Waals surface area contributed by atoms with Crippen molar-refractivity contribution in [1.29, 1.82) is 5.26 Å². The molecule has 0 radical (unpaired) electrons. The molecule has 1 aliphatic rings. The zero-order valence-electron chi connectivity index (χ0n) is 15.8. The predicted octanol–water partition coefficient (Wildman–Crippen LogP) is 5.88. The van der Waals surface area contributed by atoms with Gasteiger partial charge >= 0.3 is 5.97 Å². The maximum Gasteiger partial charge on any atom is 0.311 e. The Morgan fingerprint density at radius 1 is 1.21 bits per heavy atom. The number of aromatic hydroxyl groups is 1. The number of benzene rings is 2. The van der Waals surface area contributed by atoms with E-state index < -0.39 is 18.0 Å².